The van der Waals surface area contributed by atoms with Crippen molar-refractivity contribution in [2.45, 2.75) is 39.4 Å². The Morgan fingerprint density at radius 1 is 1.33 bits per heavy atom. The van der Waals surface area contributed by atoms with Crippen LogP contribution < -0.4 is 10.6 Å². The summed E-state index contributed by atoms with van der Waals surface area (Å²) in [5.41, 5.74) is 9.82. The lowest BCUT2D eigenvalue weighted by atomic mass is 10.0. The van der Waals surface area contributed by atoms with Crippen molar-refractivity contribution in [1.29, 1.82) is 0 Å². The second-order valence-corrected chi connectivity index (χ2v) is 6.63. The number of pyridine rings is 1. The van der Waals surface area contributed by atoms with Gasteiger partial charge in [0.25, 0.3) is 0 Å². The van der Waals surface area contributed by atoms with Crippen molar-refractivity contribution in [2.24, 2.45) is 0 Å². The van der Waals surface area contributed by atoms with E-state index < -0.39 is 0 Å². The van der Waals surface area contributed by atoms with E-state index in [2.05, 4.69) is 36.7 Å². The van der Waals surface area contributed by atoms with Gasteiger partial charge in [0.05, 0.1) is 17.2 Å². The minimum absolute atomic E-state index is 0.151. The SMILES string of the molecule is Cc1cc(N2CC(C)OC(C)(C)C2)c2cc(N)ccc2n1. The second kappa shape index (κ2) is 4.88. The van der Waals surface area contributed by atoms with Crippen LogP contribution in [0.15, 0.2) is 24.3 Å². The molecule has 4 heteroatoms. The molecule has 4 nitrogen and oxygen atoms in total. The largest absolute Gasteiger partial charge is 0.399 e. The number of nitrogens with two attached hydrogens (primary N) is 1. The number of aryl methyl sites for hydroxylation is 1. The maximum atomic E-state index is 6.01. The van der Waals surface area contributed by atoms with E-state index in [0.29, 0.717) is 0 Å². The average molecular weight is 285 g/mol. The molecule has 2 N–H and O–H groups in total. The number of fused-ring (bicyclic) bond motifs is 1. The number of aromatic nitrogens is 1. The summed E-state index contributed by atoms with van der Waals surface area (Å²) in [6.07, 6.45) is 0.207. The first-order valence-corrected chi connectivity index (χ1v) is 7.44. The highest BCUT2D eigenvalue weighted by Gasteiger charge is 2.32. The van der Waals surface area contributed by atoms with Crippen LogP contribution in [0.2, 0.25) is 0 Å². The zero-order chi connectivity index (χ0) is 15.2. The van der Waals surface area contributed by atoms with Gasteiger partial charge in [-0.2, -0.15) is 0 Å². The van der Waals surface area contributed by atoms with E-state index in [1.165, 1.54) is 5.69 Å². The standard InChI is InChI=1S/C17H23N3O/c1-11-7-16(14-8-13(18)5-6-15(14)19-11)20-9-12(2)21-17(3,4)10-20/h5-8,12H,9-10,18H2,1-4H3. The highest BCUT2D eigenvalue weighted by Crippen LogP contribution is 2.32. The molecule has 1 unspecified atom stereocenters. The molecule has 2 aromatic rings. The van der Waals surface area contributed by atoms with Gasteiger partial charge in [-0.25, -0.2) is 0 Å². The van der Waals surface area contributed by atoms with E-state index in [4.69, 9.17) is 10.5 Å². The molecule has 0 amide bonds. The Labute approximate surface area is 125 Å². The van der Waals surface area contributed by atoms with Gasteiger partial charge < -0.3 is 15.4 Å². The van der Waals surface area contributed by atoms with Gasteiger partial charge in [0.2, 0.25) is 0 Å². The minimum atomic E-state index is -0.151. The van der Waals surface area contributed by atoms with Crippen LogP contribution in [-0.2, 0) is 4.74 Å². The van der Waals surface area contributed by atoms with E-state index in [1.54, 1.807) is 0 Å². The molecule has 1 saturated heterocycles. The van der Waals surface area contributed by atoms with Crippen molar-refractivity contribution in [3.8, 4) is 0 Å². The molecule has 21 heavy (non-hydrogen) atoms. The van der Waals surface area contributed by atoms with Gasteiger partial charge in [0.15, 0.2) is 0 Å². The third-order valence-corrected chi connectivity index (χ3v) is 3.85. The van der Waals surface area contributed by atoms with E-state index in [1.807, 2.05) is 25.1 Å². The highest BCUT2D eigenvalue weighted by molar-refractivity contribution is 5.94. The Morgan fingerprint density at radius 3 is 2.81 bits per heavy atom. The van der Waals surface area contributed by atoms with Crippen molar-refractivity contribution in [3.63, 3.8) is 0 Å². The lowest BCUT2D eigenvalue weighted by molar-refractivity contribution is -0.0749. The highest BCUT2D eigenvalue weighted by atomic mass is 16.5. The average Bonchev–Trinajstić information content (AvgIpc) is 2.36. The summed E-state index contributed by atoms with van der Waals surface area (Å²) in [6, 6.07) is 8.07. The van der Waals surface area contributed by atoms with E-state index in [9.17, 15) is 0 Å². The van der Waals surface area contributed by atoms with Crippen molar-refractivity contribution in [1.82, 2.24) is 4.98 Å². The summed E-state index contributed by atoms with van der Waals surface area (Å²) < 4.78 is 6.01. The van der Waals surface area contributed by atoms with Crippen LogP contribution in [0, 0.1) is 6.92 Å². The van der Waals surface area contributed by atoms with Gasteiger partial charge in [-0.15, -0.1) is 0 Å². The molecule has 112 valence electrons. The van der Waals surface area contributed by atoms with E-state index in [-0.39, 0.29) is 11.7 Å². The Morgan fingerprint density at radius 2 is 2.10 bits per heavy atom. The van der Waals surface area contributed by atoms with E-state index >= 15 is 0 Å². The lowest BCUT2D eigenvalue weighted by Crippen LogP contribution is -2.52. The molecule has 0 saturated carbocycles. The Bertz CT molecular complexity index is 681. The zero-order valence-corrected chi connectivity index (χ0v) is 13.2. The molecule has 0 bridgehead atoms. The number of rotatable bonds is 1. The third kappa shape index (κ3) is 2.81. The molecule has 0 radical (unpaired) electrons. The quantitative estimate of drug-likeness (QED) is 0.818. The molecular formula is C17H23N3O. The first-order chi connectivity index (χ1) is 9.84. The van der Waals surface area contributed by atoms with Crippen LogP contribution in [0.5, 0.6) is 0 Å². The Kier molecular flexibility index (Phi) is 3.29. The van der Waals surface area contributed by atoms with Gasteiger partial charge in [0.1, 0.15) is 0 Å². The molecular weight excluding hydrogens is 262 g/mol. The Balaban J connectivity index is 2.12. The summed E-state index contributed by atoms with van der Waals surface area (Å²) in [5, 5.41) is 1.12. The van der Waals surface area contributed by atoms with Crippen LogP contribution in [0.1, 0.15) is 26.5 Å². The molecule has 1 fully saturated rings. The second-order valence-electron chi connectivity index (χ2n) is 6.63. The van der Waals surface area contributed by atoms with E-state index in [0.717, 1.165) is 35.4 Å². The Hall–Kier alpha value is -1.81. The number of benzene rings is 1. The van der Waals surface area contributed by atoms with Crippen molar-refractivity contribution >= 4 is 22.3 Å². The number of nitrogens with zero attached hydrogens (tertiary/aromatic N) is 2. The summed E-state index contributed by atoms with van der Waals surface area (Å²) in [7, 11) is 0. The number of nitrogen functional groups attached to an aromatic ring is 1. The molecule has 0 spiro atoms. The molecule has 1 aromatic heterocycles. The van der Waals surface area contributed by atoms with Crippen LogP contribution in [0.4, 0.5) is 11.4 Å². The van der Waals surface area contributed by atoms with Crippen LogP contribution in [0.25, 0.3) is 10.9 Å². The number of hydrogen-bond acceptors (Lipinski definition) is 4. The smallest absolute Gasteiger partial charge is 0.0805 e. The summed E-state index contributed by atoms with van der Waals surface area (Å²) in [4.78, 5) is 7.01. The molecule has 1 aliphatic rings. The predicted octanol–water partition coefficient (Wildman–Crippen LogP) is 3.13. The van der Waals surface area contributed by atoms with Crippen molar-refractivity contribution in [2.75, 3.05) is 23.7 Å². The minimum Gasteiger partial charge on any atom is -0.399 e. The fraction of sp³-hybridized carbons (Fsp3) is 0.471. The van der Waals surface area contributed by atoms with Gasteiger partial charge in [-0.3, -0.25) is 4.98 Å². The molecule has 1 aliphatic heterocycles. The van der Waals surface area contributed by atoms with Crippen LogP contribution in [0.3, 0.4) is 0 Å². The van der Waals surface area contributed by atoms with Gasteiger partial charge in [-0.05, 0) is 52.0 Å². The summed E-state index contributed by atoms with van der Waals surface area (Å²) in [5.74, 6) is 0. The first kappa shape index (κ1) is 14.1. The molecule has 1 aromatic carbocycles. The topological polar surface area (TPSA) is 51.4 Å². The van der Waals surface area contributed by atoms with Gasteiger partial charge >= 0.3 is 0 Å². The number of hydrogen-bond donors (Lipinski definition) is 1. The lowest BCUT2D eigenvalue weighted by Gasteiger charge is -2.43. The maximum Gasteiger partial charge on any atom is 0.0805 e. The summed E-state index contributed by atoms with van der Waals surface area (Å²) >= 11 is 0. The number of ether oxygens (including phenoxy) is 1. The van der Waals surface area contributed by atoms with Crippen LogP contribution in [-0.4, -0.2) is 29.8 Å². The maximum absolute atomic E-state index is 6.01. The normalized spacial score (nSPS) is 21.7. The van der Waals surface area contributed by atoms with Crippen LogP contribution >= 0.6 is 0 Å². The number of anilines is 2. The fourth-order valence-corrected chi connectivity index (χ4v) is 3.25. The molecule has 2 heterocycles. The van der Waals surface area contributed by atoms with Crippen molar-refractivity contribution < 1.29 is 4.74 Å². The first-order valence-electron chi connectivity index (χ1n) is 7.44. The third-order valence-electron chi connectivity index (χ3n) is 3.85. The monoisotopic (exact) mass is 285 g/mol. The predicted molar refractivity (Wildman–Crippen MR) is 87.7 cm³/mol. The molecule has 3 rings (SSSR count). The molecule has 0 aliphatic carbocycles. The number of morpholine rings is 1. The molecule has 1 atom stereocenters. The zero-order valence-electron chi connectivity index (χ0n) is 13.2. The van der Waals surface area contributed by atoms with Gasteiger partial charge in [-0.1, -0.05) is 0 Å². The van der Waals surface area contributed by atoms with Gasteiger partial charge in [0, 0.05) is 35.5 Å². The summed E-state index contributed by atoms with van der Waals surface area (Å²) in [6.45, 7) is 10.2. The fourth-order valence-electron chi connectivity index (χ4n) is 3.25. The van der Waals surface area contributed by atoms with Crippen molar-refractivity contribution in [3.05, 3.63) is 30.0 Å².